The molecule has 0 aliphatic rings. The van der Waals surface area contributed by atoms with Crippen LogP contribution in [-0.2, 0) is 16.0 Å². The minimum Gasteiger partial charge on any atom is -0.469 e. The molecule has 0 amide bonds. The fraction of sp³-hybridized carbons (Fsp3) is 0.360. The zero-order valence-corrected chi connectivity index (χ0v) is 17.2. The van der Waals surface area contributed by atoms with E-state index in [2.05, 4.69) is 57.8 Å². The molecular formula is C25H30N2O2. The highest BCUT2D eigenvalue weighted by molar-refractivity contribution is 5.69. The van der Waals surface area contributed by atoms with E-state index >= 15 is 0 Å². The number of ether oxygens (including phenoxy) is 1. The summed E-state index contributed by atoms with van der Waals surface area (Å²) >= 11 is 0. The smallest absolute Gasteiger partial charge is 0.305 e. The number of rotatable bonds is 11. The molecule has 1 heterocycles. The Balaban J connectivity index is 1.57. The van der Waals surface area contributed by atoms with Crippen LogP contribution in [0.1, 0.15) is 50.8 Å². The van der Waals surface area contributed by atoms with Crippen LogP contribution in [0.5, 0.6) is 0 Å². The average Bonchev–Trinajstić information content (AvgIpc) is 3.20. The molecule has 0 bridgehead atoms. The van der Waals surface area contributed by atoms with Crippen LogP contribution < -0.4 is 0 Å². The van der Waals surface area contributed by atoms with E-state index in [0.29, 0.717) is 6.42 Å². The van der Waals surface area contributed by atoms with Gasteiger partial charge in [-0.15, -0.1) is 0 Å². The standard InChI is InChI=1S/C25H30N2O2/c1-29-25(28)19-13-5-3-2-4-12-18-24-26-20-23(21-14-8-6-9-15-21)27(24)22-16-10-7-11-17-22/h6-11,14-17,20H,2-5,12-13,18-19H2,1H3. The number of methoxy groups -OCH3 is 1. The molecule has 0 atom stereocenters. The van der Waals surface area contributed by atoms with Gasteiger partial charge in [0.15, 0.2) is 0 Å². The van der Waals surface area contributed by atoms with Gasteiger partial charge in [-0.25, -0.2) is 4.98 Å². The van der Waals surface area contributed by atoms with Crippen molar-refractivity contribution in [1.29, 1.82) is 0 Å². The van der Waals surface area contributed by atoms with E-state index in [0.717, 1.165) is 42.9 Å². The Labute approximate surface area is 173 Å². The molecule has 0 N–H and O–H groups in total. The van der Waals surface area contributed by atoms with E-state index in [-0.39, 0.29) is 5.97 Å². The van der Waals surface area contributed by atoms with E-state index < -0.39 is 0 Å². The van der Waals surface area contributed by atoms with E-state index in [9.17, 15) is 4.79 Å². The lowest BCUT2D eigenvalue weighted by atomic mass is 10.1. The molecule has 0 unspecified atom stereocenters. The maximum Gasteiger partial charge on any atom is 0.305 e. The third-order valence-electron chi connectivity index (χ3n) is 5.18. The highest BCUT2D eigenvalue weighted by Crippen LogP contribution is 2.25. The van der Waals surface area contributed by atoms with Crippen LogP contribution >= 0.6 is 0 Å². The second-order valence-electron chi connectivity index (χ2n) is 7.29. The van der Waals surface area contributed by atoms with Crippen molar-refractivity contribution in [2.24, 2.45) is 0 Å². The summed E-state index contributed by atoms with van der Waals surface area (Å²) in [7, 11) is 1.45. The third kappa shape index (κ3) is 6.05. The number of nitrogens with zero attached hydrogens (tertiary/aromatic N) is 2. The molecule has 0 fully saturated rings. The van der Waals surface area contributed by atoms with E-state index in [1.807, 2.05) is 18.3 Å². The fourth-order valence-electron chi connectivity index (χ4n) is 3.61. The van der Waals surface area contributed by atoms with Gasteiger partial charge in [0.1, 0.15) is 5.82 Å². The predicted octanol–water partition coefficient (Wildman–Crippen LogP) is 5.99. The largest absolute Gasteiger partial charge is 0.469 e. The number of hydrogen-bond donors (Lipinski definition) is 0. The summed E-state index contributed by atoms with van der Waals surface area (Å²) in [6.07, 6.45) is 10.2. The van der Waals surface area contributed by atoms with Gasteiger partial charge in [-0.3, -0.25) is 9.36 Å². The molecule has 3 aromatic rings. The number of aromatic nitrogens is 2. The normalized spacial score (nSPS) is 10.8. The Kier molecular flexibility index (Phi) is 8.05. The molecule has 2 aromatic carbocycles. The number of hydrogen-bond acceptors (Lipinski definition) is 3. The number of esters is 1. The zero-order chi connectivity index (χ0) is 20.3. The Bertz CT molecular complexity index is 872. The molecule has 0 spiro atoms. The van der Waals surface area contributed by atoms with Gasteiger partial charge in [0.2, 0.25) is 0 Å². The first-order valence-corrected chi connectivity index (χ1v) is 10.5. The number of unbranched alkanes of at least 4 members (excludes halogenated alkanes) is 5. The van der Waals surface area contributed by atoms with Gasteiger partial charge >= 0.3 is 5.97 Å². The van der Waals surface area contributed by atoms with Gasteiger partial charge < -0.3 is 4.74 Å². The van der Waals surface area contributed by atoms with E-state index in [1.54, 1.807) is 0 Å². The lowest BCUT2D eigenvalue weighted by Crippen LogP contribution is -2.03. The summed E-state index contributed by atoms with van der Waals surface area (Å²) < 4.78 is 6.96. The molecular weight excluding hydrogens is 360 g/mol. The number of para-hydroxylation sites is 1. The summed E-state index contributed by atoms with van der Waals surface area (Å²) in [5, 5.41) is 0. The van der Waals surface area contributed by atoms with Crippen LogP contribution in [0, 0.1) is 0 Å². The van der Waals surface area contributed by atoms with Crippen molar-refractivity contribution in [3.05, 3.63) is 72.7 Å². The minimum atomic E-state index is -0.105. The lowest BCUT2D eigenvalue weighted by molar-refractivity contribution is -0.140. The highest BCUT2D eigenvalue weighted by atomic mass is 16.5. The number of benzene rings is 2. The van der Waals surface area contributed by atoms with Crippen molar-refractivity contribution >= 4 is 5.97 Å². The Hall–Kier alpha value is -2.88. The van der Waals surface area contributed by atoms with E-state index in [1.165, 1.54) is 31.9 Å². The van der Waals surface area contributed by atoms with Gasteiger partial charge in [0.05, 0.1) is 19.0 Å². The van der Waals surface area contributed by atoms with Crippen LogP contribution in [0.25, 0.3) is 16.9 Å². The minimum absolute atomic E-state index is 0.105. The van der Waals surface area contributed by atoms with Gasteiger partial charge in [-0.05, 0) is 25.0 Å². The van der Waals surface area contributed by atoms with Gasteiger partial charge in [-0.2, -0.15) is 0 Å². The second kappa shape index (κ2) is 11.2. The zero-order valence-electron chi connectivity index (χ0n) is 17.2. The highest BCUT2D eigenvalue weighted by Gasteiger charge is 2.13. The molecule has 1 aromatic heterocycles. The van der Waals surface area contributed by atoms with E-state index in [4.69, 9.17) is 4.98 Å². The molecule has 0 aliphatic carbocycles. The van der Waals surface area contributed by atoms with Gasteiger partial charge in [0, 0.05) is 24.1 Å². The molecule has 3 rings (SSSR count). The molecule has 29 heavy (non-hydrogen) atoms. The molecule has 4 nitrogen and oxygen atoms in total. The van der Waals surface area contributed by atoms with Gasteiger partial charge in [0.25, 0.3) is 0 Å². The molecule has 4 heteroatoms. The van der Waals surface area contributed by atoms with Crippen molar-refractivity contribution < 1.29 is 9.53 Å². The Morgan fingerprint density at radius 3 is 2.17 bits per heavy atom. The number of imidazole rings is 1. The summed E-state index contributed by atoms with van der Waals surface area (Å²) in [6, 6.07) is 20.9. The lowest BCUT2D eigenvalue weighted by Gasteiger charge is -2.12. The van der Waals surface area contributed by atoms with Crippen LogP contribution in [0.15, 0.2) is 66.9 Å². The van der Waals surface area contributed by atoms with Gasteiger partial charge in [-0.1, -0.05) is 74.2 Å². The first kappa shape index (κ1) is 20.8. The van der Waals surface area contributed by atoms with Crippen molar-refractivity contribution in [1.82, 2.24) is 9.55 Å². The third-order valence-corrected chi connectivity index (χ3v) is 5.18. The summed E-state index contributed by atoms with van der Waals surface area (Å²) in [5.41, 5.74) is 3.47. The molecule has 0 radical (unpaired) electrons. The van der Waals surface area contributed by atoms with Crippen LogP contribution in [0.2, 0.25) is 0 Å². The first-order chi connectivity index (χ1) is 14.3. The van der Waals surface area contributed by atoms with Crippen LogP contribution in [0.3, 0.4) is 0 Å². The predicted molar refractivity (Wildman–Crippen MR) is 117 cm³/mol. The number of aryl methyl sites for hydroxylation is 1. The fourth-order valence-corrected chi connectivity index (χ4v) is 3.61. The topological polar surface area (TPSA) is 44.1 Å². The molecule has 152 valence electrons. The monoisotopic (exact) mass is 390 g/mol. The summed E-state index contributed by atoms with van der Waals surface area (Å²) in [5.74, 6) is 1.01. The second-order valence-corrected chi connectivity index (χ2v) is 7.29. The first-order valence-electron chi connectivity index (χ1n) is 10.5. The van der Waals surface area contributed by atoms with Crippen LogP contribution in [0.4, 0.5) is 0 Å². The SMILES string of the molecule is COC(=O)CCCCCCCCc1ncc(-c2ccccc2)n1-c1ccccc1. The summed E-state index contributed by atoms with van der Waals surface area (Å²) in [4.78, 5) is 15.9. The van der Waals surface area contributed by atoms with Crippen molar-refractivity contribution in [3.8, 4) is 16.9 Å². The maximum atomic E-state index is 11.1. The van der Waals surface area contributed by atoms with Crippen molar-refractivity contribution in [2.75, 3.05) is 7.11 Å². The Morgan fingerprint density at radius 2 is 1.48 bits per heavy atom. The summed E-state index contributed by atoms with van der Waals surface area (Å²) in [6.45, 7) is 0. The van der Waals surface area contributed by atoms with Crippen molar-refractivity contribution in [3.63, 3.8) is 0 Å². The quantitative estimate of drug-likeness (QED) is 0.298. The van der Waals surface area contributed by atoms with Crippen molar-refractivity contribution in [2.45, 2.75) is 51.4 Å². The number of carbonyl (C=O) groups excluding carboxylic acids is 1. The molecule has 0 saturated carbocycles. The number of carbonyl (C=O) groups is 1. The molecule has 0 saturated heterocycles. The maximum absolute atomic E-state index is 11.1. The van der Waals surface area contributed by atoms with Crippen LogP contribution in [-0.4, -0.2) is 22.6 Å². The average molecular weight is 391 g/mol. The Morgan fingerprint density at radius 1 is 0.862 bits per heavy atom. The molecule has 0 aliphatic heterocycles.